The van der Waals surface area contributed by atoms with Gasteiger partial charge in [-0.05, 0) is 115 Å². The lowest BCUT2D eigenvalue weighted by Crippen LogP contribution is -2.49. The van der Waals surface area contributed by atoms with E-state index in [9.17, 15) is 9.59 Å². The van der Waals surface area contributed by atoms with Crippen molar-refractivity contribution >= 4 is 11.9 Å². The number of ether oxygens (including phenoxy) is 1. The van der Waals surface area contributed by atoms with Crippen molar-refractivity contribution in [2.24, 2.45) is 16.7 Å². The van der Waals surface area contributed by atoms with E-state index >= 15 is 0 Å². The molecular formula is C53H96N2O3. The minimum Gasteiger partial charge on any atom is -0.467 e. The molecule has 0 aromatic rings. The number of nitrogens with zero attached hydrogens (tertiary/aromatic N) is 2. The van der Waals surface area contributed by atoms with Crippen LogP contribution in [0.4, 0.5) is 0 Å². The second-order valence-corrected chi connectivity index (χ2v) is 19.3. The summed E-state index contributed by atoms with van der Waals surface area (Å²) in [6, 6.07) is -0.336. The number of amides is 1. The van der Waals surface area contributed by atoms with Gasteiger partial charge >= 0.3 is 5.97 Å². The van der Waals surface area contributed by atoms with E-state index in [4.69, 9.17) is 4.74 Å². The van der Waals surface area contributed by atoms with Crippen molar-refractivity contribution in [1.29, 1.82) is 0 Å². The number of carbonyl (C=O) groups is 2. The van der Waals surface area contributed by atoms with Crippen LogP contribution in [0.1, 0.15) is 221 Å². The molecular weight excluding hydrogens is 713 g/mol. The Hall–Kier alpha value is -2.14. The Morgan fingerprint density at radius 2 is 1.02 bits per heavy atom. The van der Waals surface area contributed by atoms with Gasteiger partial charge in [-0.15, -0.1) is 0 Å². The van der Waals surface area contributed by atoms with Crippen molar-refractivity contribution in [3.63, 3.8) is 0 Å². The number of esters is 1. The van der Waals surface area contributed by atoms with E-state index in [-0.39, 0.29) is 23.3 Å². The summed E-state index contributed by atoms with van der Waals surface area (Å²) in [5, 5.41) is 0. The Balaban J connectivity index is 2.65. The van der Waals surface area contributed by atoms with Gasteiger partial charge in [-0.1, -0.05) is 180 Å². The summed E-state index contributed by atoms with van der Waals surface area (Å²) in [7, 11) is 5.51. The molecule has 336 valence electrons. The Morgan fingerprint density at radius 3 is 1.41 bits per heavy atom. The summed E-state index contributed by atoms with van der Waals surface area (Å²) in [5.74, 6) is 0.391. The predicted molar refractivity (Wildman–Crippen MR) is 253 cm³/mol. The molecule has 1 amide bonds. The number of allylic oxidation sites excluding steroid dienone is 8. The van der Waals surface area contributed by atoms with Crippen LogP contribution in [-0.4, -0.2) is 61.5 Å². The summed E-state index contributed by atoms with van der Waals surface area (Å²) in [4.78, 5) is 31.1. The van der Waals surface area contributed by atoms with Crippen LogP contribution in [0.2, 0.25) is 0 Å². The van der Waals surface area contributed by atoms with Crippen molar-refractivity contribution in [3.05, 3.63) is 48.6 Å². The zero-order valence-corrected chi connectivity index (χ0v) is 40.0. The fourth-order valence-corrected chi connectivity index (χ4v) is 9.20. The van der Waals surface area contributed by atoms with Gasteiger partial charge in [-0.2, -0.15) is 0 Å². The van der Waals surface area contributed by atoms with E-state index < -0.39 is 11.5 Å². The standard InChI is InChI=1S/C53H96N2O3/c1-10-12-14-16-18-20-22-24-26-28-30-32-34-36-38-40-42-47(43-41-39-37-35-33-31-29-27-25-23-21-19-17-15-13-11-2)52(3,4)46-53(5,6)51(57)55-45-48(54(7)8)44-49(55)50(56)58-9/h18-21,24-27,47-49H,10-17,22-23,28-46H2,1-9H3. The number of unbranched alkanes of at least 4 members (excludes halogenated alkanes) is 18. The van der Waals surface area contributed by atoms with Gasteiger partial charge in [0.05, 0.1) is 7.11 Å². The highest BCUT2D eigenvalue weighted by atomic mass is 16.5. The lowest BCUT2D eigenvalue weighted by molar-refractivity contribution is -0.155. The van der Waals surface area contributed by atoms with E-state index in [2.05, 4.69) is 95.1 Å². The van der Waals surface area contributed by atoms with Crippen molar-refractivity contribution in [1.82, 2.24) is 9.80 Å². The molecule has 0 saturated carbocycles. The third-order valence-electron chi connectivity index (χ3n) is 12.8. The topological polar surface area (TPSA) is 49.9 Å². The van der Waals surface area contributed by atoms with Crippen LogP contribution in [0.25, 0.3) is 0 Å². The van der Waals surface area contributed by atoms with Gasteiger partial charge in [0.2, 0.25) is 5.91 Å². The second-order valence-electron chi connectivity index (χ2n) is 19.3. The molecule has 0 N–H and O–H groups in total. The molecule has 1 heterocycles. The average molecular weight is 809 g/mol. The Bertz CT molecular complexity index is 1100. The zero-order valence-electron chi connectivity index (χ0n) is 40.0. The van der Waals surface area contributed by atoms with E-state index in [1.54, 1.807) is 0 Å². The van der Waals surface area contributed by atoms with Crippen LogP contribution >= 0.6 is 0 Å². The van der Waals surface area contributed by atoms with Crippen LogP contribution in [0.5, 0.6) is 0 Å². The predicted octanol–water partition coefficient (Wildman–Crippen LogP) is 15.2. The van der Waals surface area contributed by atoms with Crippen LogP contribution in [0.3, 0.4) is 0 Å². The Labute approximate surface area is 361 Å². The average Bonchev–Trinajstić information content (AvgIpc) is 3.64. The van der Waals surface area contributed by atoms with Gasteiger partial charge in [0.15, 0.2) is 0 Å². The number of likely N-dealkylation sites (N-methyl/N-ethyl adjacent to an activating group) is 1. The van der Waals surface area contributed by atoms with Gasteiger partial charge in [0, 0.05) is 18.0 Å². The van der Waals surface area contributed by atoms with Gasteiger partial charge in [0.1, 0.15) is 6.04 Å². The SMILES string of the molecule is CCCCCC=CCC=CCCCCCCCCC(CCCCCCCCC=CCC=CCCCCC)C(C)(C)CC(C)(C)C(=O)N1CC(N(C)C)CC1C(=O)OC. The number of hydrogen-bond donors (Lipinski definition) is 0. The lowest BCUT2D eigenvalue weighted by Gasteiger charge is -2.42. The number of methoxy groups -OCH3 is 1. The van der Waals surface area contributed by atoms with Crippen LogP contribution in [0.15, 0.2) is 48.6 Å². The molecule has 2 unspecified atom stereocenters. The first-order chi connectivity index (χ1) is 27.9. The number of carbonyl (C=O) groups excluding carboxylic acids is 2. The molecule has 5 nitrogen and oxygen atoms in total. The summed E-state index contributed by atoms with van der Waals surface area (Å²) < 4.78 is 5.18. The fourth-order valence-electron chi connectivity index (χ4n) is 9.20. The van der Waals surface area contributed by atoms with E-state index in [1.165, 1.54) is 161 Å². The van der Waals surface area contributed by atoms with Crippen molar-refractivity contribution in [2.75, 3.05) is 27.7 Å². The molecule has 1 aliphatic rings. The van der Waals surface area contributed by atoms with Crippen LogP contribution < -0.4 is 0 Å². The Kier molecular flexibility index (Phi) is 31.2. The first kappa shape index (κ1) is 53.9. The van der Waals surface area contributed by atoms with Crippen molar-refractivity contribution in [3.8, 4) is 0 Å². The van der Waals surface area contributed by atoms with Gasteiger partial charge in [-0.25, -0.2) is 4.79 Å². The zero-order chi connectivity index (χ0) is 42.9. The molecule has 0 radical (unpaired) electrons. The highest BCUT2D eigenvalue weighted by molar-refractivity contribution is 5.88. The monoisotopic (exact) mass is 809 g/mol. The smallest absolute Gasteiger partial charge is 0.328 e. The molecule has 1 saturated heterocycles. The first-order valence-corrected chi connectivity index (χ1v) is 24.6. The highest BCUT2D eigenvalue weighted by Gasteiger charge is 2.47. The molecule has 2 atom stereocenters. The third-order valence-corrected chi connectivity index (χ3v) is 12.8. The molecule has 58 heavy (non-hydrogen) atoms. The molecule has 1 rings (SSSR count). The molecule has 0 bridgehead atoms. The summed E-state index contributed by atoms with van der Waals surface area (Å²) in [5.41, 5.74) is -0.539. The molecule has 0 spiro atoms. The molecule has 0 aromatic heterocycles. The minimum atomic E-state index is -0.562. The maximum atomic E-state index is 14.3. The quantitative estimate of drug-likeness (QED) is 0.0359. The van der Waals surface area contributed by atoms with E-state index in [0.29, 0.717) is 18.9 Å². The number of likely N-dealkylation sites (tertiary alicyclic amines) is 1. The molecule has 5 heteroatoms. The summed E-state index contributed by atoms with van der Waals surface area (Å²) >= 11 is 0. The second kappa shape index (κ2) is 33.6. The van der Waals surface area contributed by atoms with Gasteiger partial charge in [0.25, 0.3) is 0 Å². The van der Waals surface area contributed by atoms with Crippen molar-refractivity contribution in [2.45, 2.75) is 233 Å². The molecule has 1 fully saturated rings. The van der Waals surface area contributed by atoms with Gasteiger partial charge in [-0.3, -0.25) is 4.79 Å². The summed E-state index contributed by atoms with van der Waals surface area (Å²) in [6.45, 7) is 14.2. The number of rotatable bonds is 36. The number of hydrogen-bond acceptors (Lipinski definition) is 4. The normalized spacial score (nSPS) is 17.3. The maximum Gasteiger partial charge on any atom is 0.328 e. The molecule has 0 aliphatic carbocycles. The van der Waals surface area contributed by atoms with Crippen molar-refractivity contribution < 1.29 is 14.3 Å². The molecule has 1 aliphatic heterocycles. The lowest BCUT2D eigenvalue weighted by atomic mass is 9.65. The van der Waals surface area contributed by atoms with Gasteiger partial charge < -0.3 is 14.5 Å². The van der Waals surface area contributed by atoms with Crippen LogP contribution in [0, 0.1) is 16.7 Å². The van der Waals surface area contributed by atoms with Crippen LogP contribution in [-0.2, 0) is 14.3 Å². The molecule has 0 aromatic carbocycles. The minimum absolute atomic E-state index is 0.0225. The fraction of sp³-hybridized carbons (Fsp3) is 0.811. The Morgan fingerprint density at radius 1 is 0.621 bits per heavy atom. The highest BCUT2D eigenvalue weighted by Crippen LogP contribution is 2.45. The third kappa shape index (κ3) is 24.8. The van der Waals surface area contributed by atoms with E-state index in [0.717, 1.165) is 19.3 Å². The largest absolute Gasteiger partial charge is 0.467 e. The first-order valence-electron chi connectivity index (χ1n) is 24.6. The van der Waals surface area contributed by atoms with E-state index in [1.807, 2.05) is 19.0 Å². The summed E-state index contributed by atoms with van der Waals surface area (Å²) in [6.07, 6.45) is 53.4. The maximum absolute atomic E-state index is 14.3.